The molecule has 0 aliphatic rings. The van der Waals surface area contributed by atoms with Crippen molar-refractivity contribution in [2.24, 2.45) is 5.73 Å². The van der Waals surface area contributed by atoms with Crippen molar-refractivity contribution in [1.29, 1.82) is 10.5 Å². The highest BCUT2D eigenvalue weighted by atomic mass is 16.3. The lowest BCUT2D eigenvalue weighted by molar-refractivity contribution is -0.114. The molecule has 0 atom stereocenters. The summed E-state index contributed by atoms with van der Waals surface area (Å²) in [5, 5.41) is 24.2. The molecule has 5 heteroatoms. The van der Waals surface area contributed by atoms with Crippen molar-refractivity contribution in [3.63, 3.8) is 0 Å². The second-order valence-corrected chi connectivity index (χ2v) is 2.44. The first-order chi connectivity index (χ1) is 5.76. The van der Waals surface area contributed by atoms with Gasteiger partial charge in [0, 0.05) is 5.57 Å². The fraction of sp³-hybridized carbons (Fsp3) is 0.375. The van der Waals surface area contributed by atoms with Crippen LogP contribution in [0.5, 0.6) is 0 Å². The molecule has 0 rings (SSSR count). The number of nitrogens with two attached hydrogens (primary N) is 1. The lowest BCUT2D eigenvalue weighted by atomic mass is 10.2. The van der Waals surface area contributed by atoms with Crippen LogP contribution in [0.2, 0.25) is 0 Å². The van der Waals surface area contributed by atoms with E-state index in [-0.39, 0.29) is 0 Å². The highest BCUT2D eigenvalue weighted by Crippen LogP contribution is 1.94. The van der Waals surface area contributed by atoms with Gasteiger partial charge in [0.15, 0.2) is 0 Å². The van der Waals surface area contributed by atoms with Gasteiger partial charge in [0.2, 0.25) is 11.5 Å². The third kappa shape index (κ3) is 10.2. The Morgan fingerprint density at radius 2 is 1.77 bits per heavy atom. The minimum Gasteiger partial charge on any atom is -0.366 e. The molecule has 0 saturated carbocycles. The third-order valence-electron chi connectivity index (χ3n) is 0.856. The smallest absolute Gasteiger partial charge is 0.243 e. The molecule has 3 N–H and O–H groups in total. The Bertz CT molecular complexity index is 253. The molecule has 0 aromatic rings. The van der Waals surface area contributed by atoms with E-state index in [2.05, 4.69) is 6.58 Å². The maximum Gasteiger partial charge on any atom is 0.243 e. The molecule has 0 heterocycles. The Kier molecular flexibility index (Phi) is 6.08. The Labute approximate surface area is 76.7 Å². The van der Waals surface area contributed by atoms with E-state index in [9.17, 15) is 4.79 Å². The van der Waals surface area contributed by atoms with Crippen LogP contribution in [0.25, 0.3) is 0 Å². The maximum absolute atomic E-state index is 9.82. The monoisotopic (exact) mass is 181 g/mol. The Morgan fingerprint density at radius 3 is 1.77 bits per heavy atom. The molecule has 0 bridgehead atoms. The topological polar surface area (TPSA) is 111 Å². The van der Waals surface area contributed by atoms with Crippen molar-refractivity contribution in [3.8, 4) is 12.1 Å². The van der Waals surface area contributed by atoms with Gasteiger partial charge in [-0.1, -0.05) is 6.58 Å². The van der Waals surface area contributed by atoms with E-state index in [1.807, 2.05) is 0 Å². The molecule has 70 valence electrons. The summed E-state index contributed by atoms with van der Waals surface area (Å²) in [5.41, 5.74) is 3.29. The molecule has 1 amide bonds. The molecule has 0 radical (unpaired) electrons. The standard InChI is InChI=1S/C4H4N2O.C4H7NO/c1-4(7,2-5)3-6;1-3(2)4(5)6/h7H,1H3;1H2,2H3,(H2,5,6). The minimum atomic E-state index is -1.81. The van der Waals surface area contributed by atoms with Gasteiger partial charge in [-0.25, -0.2) is 0 Å². The van der Waals surface area contributed by atoms with Gasteiger partial charge < -0.3 is 10.8 Å². The molecule has 0 saturated heterocycles. The van der Waals surface area contributed by atoms with E-state index >= 15 is 0 Å². The number of aliphatic hydroxyl groups is 1. The number of rotatable bonds is 1. The van der Waals surface area contributed by atoms with E-state index in [0.29, 0.717) is 5.57 Å². The quantitative estimate of drug-likeness (QED) is 0.432. The first-order valence-electron chi connectivity index (χ1n) is 3.27. The predicted molar refractivity (Wildman–Crippen MR) is 45.9 cm³/mol. The lowest BCUT2D eigenvalue weighted by Crippen LogP contribution is -2.16. The van der Waals surface area contributed by atoms with Crippen LogP contribution in [-0.2, 0) is 4.79 Å². The zero-order valence-electron chi connectivity index (χ0n) is 7.53. The summed E-state index contributed by atoms with van der Waals surface area (Å²) in [4.78, 5) is 9.82. The van der Waals surface area contributed by atoms with Gasteiger partial charge in [-0.2, -0.15) is 10.5 Å². The molecule has 0 aromatic carbocycles. The van der Waals surface area contributed by atoms with Gasteiger partial charge in [-0.05, 0) is 13.8 Å². The number of carbonyl (C=O) groups excluding carboxylic acids is 1. The molecule has 0 unspecified atom stereocenters. The van der Waals surface area contributed by atoms with Crippen LogP contribution in [0.3, 0.4) is 0 Å². The number of carbonyl (C=O) groups is 1. The van der Waals surface area contributed by atoms with E-state index in [1.54, 1.807) is 6.92 Å². The number of nitrogens with zero attached hydrogens (tertiary/aromatic N) is 2. The number of amides is 1. The summed E-state index contributed by atoms with van der Waals surface area (Å²) < 4.78 is 0. The van der Waals surface area contributed by atoms with Crippen LogP contribution in [0, 0.1) is 22.7 Å². The highest BCUT2D eigenvalue weighted by Gasteiger charge is 2.15. The van der Waals surface area contributed by atoms with Gasteiger partial charge in [0.25, 0.3) is 0 Å². The van der Waals surface area contributed by atoms with Crippen molar-refractivity contribution in [2.45, 2.75) is 19.4 Å². The molecular formula is C8H11N3O2. The van der Waals surface area contributed by atoms with Crippen molar-refractivity contribution >= 4 is 5.91 Å². The van der Waals surface area contributed by atoms with Crippen molar-refractivity contribution in [1.82, 2.24) is 0 Å². The van der Waals surface area contributed by atoms with E-state index in [0.717, 1.165) is 6.92 Å². The van der Waals surface area contributed by atoms with Crippen LogP contribution in [0.15, 0.2) is 12.2 Å². The van der Waals surface area contributed by atoms with E-state index < -0.39 is 11.5 Å². The molecule has 0 aliphatic carbocycles. The number of hydrogen-bond acceptors (Lipinski definition) is 4. The third-order valence-corrected chi connectivity index (χ3v) is 0.856. The normalized spacial score (nSPS) is 8.38. The Morgan fingerprint density at radius 1 is 1.54 bits per heavy atom. The summed E-state index contributed by atoms with van der Waals surface area (Å²) in [5.74, 6) is -0.435. The van der Waals surface area contributed by atoms with Gasteiger partial charge in [-0.15, -0.1) is 0 Å². The summed E-state index contributed by atoms with van der Waals surface area (Å²) in [7, 11) is 0. The zero-order chi connectivity index (χ0) is 11.1. The van der Waals surface area contributed by atoms with E-state index in [4.69, 9.17) is 21.4 Å². The average Bonchev–Trinajstić information content (AvgIpc) is 2.05. The molecule has 0 spiro atoms. The number of hydrogen-bond donors (Lipinski definition) is 2. The molecule has 13 heavy (non-hydrogen) atoms. The zero-order valence-corrected chi connectivity index (χ0v) is 7.53. The summed E-state index contributed by atoms with van der Waals surface area (Å²) in [6.07, 6.45) is 0. The fourth-order valence-corrected chi connectivity index (χ4v) is 0.0250. The average molecular weight is 181 g/mol. The van der Waals surface area contributed by atoms with Crippen molar-refractivity contribution in [2.75, 3.05) is 0 Å². The van der Waals surface area contributed by atoms with Gasteiger partial charge >= 0.3 is 0 Å². The predicted octanol–water partition coefficient (Wildman–Crippen LogP) is -0.168. The van der Waals surface area contributed by atoms with Crippen molar-refractivity contribution < 1.29 is 9.90 Å². The maximum atomic E-state index is 9.82. The lowest BCUT2D eigenvalue weighted by Gasteiger charge is -1.96. The minimum absolute atomic E-state index is 0.398. The summed E-state index contributed by atoms with van der Waals surface area (Å²) in [6.45, 7) is 5.98. The number of primary amides is 1. The highest BCUT2D eigenvalue weighted by molar-refractivity contribution is 5.90. The summed E-state index contributed by atoms with van der Waals surface area (Å²) in [6, 6.07) is 2.77. The van der Waals surface area contributed by atoms with Crippen LogP contribution >= 0.6 is 0 Å². The van der Waals surface area contributed by atoms with Crippen LogP contribution < -0.4 is 5.73 Å². The van der Waals surface area contributed by atoms with Crippen LogP contribution in [-0.4, -0.2) is 16.6 Å². The molecule has 0 fully saturated rings. The van der Waals surface area contributed by atoms with Gasteiger partial charge in [-0.3, -0.25) is 4.79 Å². The van der Waals surface area contributed by atoms with Gasteiger partial charge in [0.05, 0.1) is 0 Å². The molecule has 0 aliphatic heterocycles. The summed E-state index contributed by atoms with van der Waals surface area (Å²) >= 11 is 0. The molecular weight excluding hydrogens is 170 g/mol. The van der Waals surface area contributed by atoms with Crippen LogP contribution in [0.4, 0.5) is 0 Å². The second-order valence-electron chi connectivity index (χ2n) is 2.44. The first-order valence-corrected chi connectivity index (χ1v) is 3.27. The SMILES string of the molecule is C=C(C)C(N)=O.CC(O)(C#N)C#N. The largest absolute Gasteiger partial charge is 0.366 e. The van der Waals surface area contributed by atoms with Gasteiger partial charge in [0.1, 0.15) is 12.1 Å². The van der Waals surface area contributed by atoms with Crippen LogP contribution in [0.1, 0.15) is 13.8 Å². The molecule has 5 nitrogen and oxygen atoms in total. The second kappa shape index (κ2) is 5.76. The fourth-order valence-electron chi connectivity index (χ4n) is 0.0250. The van der Waals surface area contributed by atoms with E-state index in [1.165, 1.54) is 12.1 Å². The van der Waals surface area contributed by atoms with Crippen molar-refractivity contribution in [3.05, 3.63) is 12.2 Å². The first kappa shape index (κ1) is 13.7. The Hall–Kier alpha value is -1.85. The molecule has 0 aromatic heterocycles. The number of nitriles is 2. The Balaban J connectivity index is 0.